The minimum atomic E-state index is 0.000769. The third-order valence-corrected chi connectivity index (χ3v) is 3.80. The van der Waals surface area contributed by atoms with Crippen molar-refractivity contribution in [3.8, 4) is 5.75 Å². The fourth-order valence-corrected chi connectivity index (χ4v) is 2.34. The van der Waals surface area contributed by atoms with Crippen molar-refractivity contribution < 1.29 is 9.53 Å². The summed E-state index contributed by atoms with van der Waals surface area (Å²) in [4.78, 5) is 13.9. The lowest BCUT2D eigenvalue weighted by Gasteiger charge is -2.16. The number of amides is 1. The van der Waals surface area contributed by atoms with Crippen LogP contribution in [0, 0.1) is 6.92 Å². The van der Waals surface area contributed by atoms with Crippen LogP contribution in [0.25, 0.3) is 0 Å². The fraction of sp³-hybridized carbons (Fsp3) is 0.316. The number of likely N-dealkylation sites (N-methyl/N-ethyl adjacent to an activating group) is 1. The van der Waals surface area contributed by atoms with E-state index in [1.54, 1.807) is 12.1 Å². The Bertz CT molecular complexity index is 659. The maximum Gasteiger partial charge on any atom is 0.234 e. The number of carbonyl (C=O) groups excluding carboxylic acids is 1. The van der Waals surface area contributed by atoms with Crippen molar-refractivity contribution in [2.24, 2.45) is 0 Å². The number of nitrogens with one attached hydrogen (secondary N) is 1. The molecule has 2 aromatic rings. The summed E-state index contributed by atoms with van der Waals surface area (Å²) in [7, 11) is 1.90. The Kier molecular flexibility index (Phi) is 7.09. The largest absolute Gasteiger partial charge is 0.492 e. The third-order valence-electron chi connectivity index (χ3n) is 3.56. The molecule has 2 rings (SSSR count). The standard InChI is InChI=1S/C19H23ClN2O2/c1-15-6-8-16(9-7-15)13-21-19(23)14-22(2)10-11-24-18-5-3-4-17(20)12-18/h3-9,12H,10-11,13-14H2,1-2H3,(H,21,23). The minimum absolute atomic E-state index is 0.000769. The SMILES string of the molecule is Cc1ccc(CNC(=O)CN(C)CCOc2cccc(Cl)c2)cc1. The first kappa shape index (κ1) is 18.3. The van der Waals surface area contributed by atoms with Gasteiger partial charge in [0.1, 0.15) is 12.4 Å². The Morgan fingerprint density at radius 3 is 2.67 bits per heavy atom. The molecule has 0 saturated heterocycles. The molecule has 0 aromatic heterocycles. The van der Waals surface area contributed by atoms with E-state index in [0.717, 1.165) is 11.3 Å². The highest BCUT2D eigenvalue weighted by atomic mass is 35.5. The number of rotatable bonds is 8. The molecule has 5 heteroatoms. The van der Waals surface area contributed by atoms with Crippen LogP contribution in [0.1, 0.15) is 11.1 Å². The molecule has 0 unspecified atom stereocenters. The van der Waals surface area contributed by atoms with Crippen molar-refractivity contribution in [1.82, 2.24) is 10.2 Å². The summed E-state index contributed by atoms with van der Waals surface area (Å²) < 4.78 is 5.62. The van der Waals surface area contributed by atoms with Crippen LogP contribution >= 0.6 is 11.6 Å². The summed E-state index contributed by atoms with van der Waals surface area (Å²) in [5, 5.41) is 3.58. The quantitative estimate of drug-likeness (QED) is 0.797. The number of nitrogens with zero attached hydrogens (tertiary/aromatic N) is 1. The Morgan fingerprint density at radius 2 is 1.96 bits per heavy atom. The van der Waals surface area contributed by atoms with Crippen molar-refractivity contribution in [1.29, 1.82) is 0 Å². The molecular weight excluding hydrogens is 324 g/mol. The van der Waals surface area contributed by atoms with Gasteiger partial charge in [-0.1, -0.05) is 47.5 Å². The van der Waals surface area contributed by atoms with Gasteiger partial charge in [0.25, 0.3) is 0 Å². The number of ether oxygens (including phenoxy) is 1. The average Bonchev–Trinajstić information content (AvgIpc) is 2.54. The van der Waals surface area contributed by atoms with Gasteiger partial charge in [-0.3, -0.25) is 9.69 Å². The Balaban J connectivity index is 1.65. The lowest BCUT2D eigenvalue weighted by molar-refractivity contribution is -0.122. The Hall–Kier alpha value is -2.04. The molecule has 0 bridgehead atoms. The average molecular weight is 347 g/mol. The smallest absolute Gasteiger partial charge is 0.234 e. The van der Waals surface area contributed by atoms with Crippen LogP contribution in [0.5, 0.6) is 5.75 Å². The molecule has 2 aromatic carbocycles. The van der Waals surface area contributed by atoms with E-state index in [0.29, 0.717) is 31.3 Å². The van der Waals surface area contributed by atoms with Gasteiger partial charge in [0.05, 0.1) is 6.54 Å². The van der Waals surface area contributed by atoms with Crippen molar-refractivity contribution in [3.63, 3.8) is 0 Å². The summed E-state index contributed by atoms with van der Waals surface area (Å²) >= 11 is 5.91. The zero-order chi connectivity index (χ0) is 17.4. The van der Waals surface area contributed by atoms with Gasteiger partial charge in [0.15, 0.2) is 0 Å². The number of benzene rings is 2. The Labute approximate surface area is 148 Å². The zero-order valence-corrected chi connectivity index (χ0v) is 14.8. The van der Waals surface area contributed by atoms with Crippen molar-refractivity contribution in [2.45, 2.75) is 13.5 Å². The number of halogens is 1. The maximum atomic E-state index is 12.0. The van der Waals surface area contributed by atoms with Gasteiger partial charge in [0, 0.05) is 18.1 Å². The molecule has 0 fully saturated rings. The summed E-state index contributed by atoms with van der Waals surface area (Å²) in [5.74, 6) is 0.737. The van der Waals surface area contributed by atoms with Gasteiger partial charge in [-0.2, -0.15) is 0 Å². The van der Waals surface area contributed by atoms with E-state index in [9.17, 15) is 4.79 Å². The molecule has 0 aliphatic heterocycles. The molecule has 24 heavy (non-hydrogen) atoms. The topological polar surface area (TPSA) is 41.6 Å². The second kappa shape index (κ2) is 9.30. The molecule has 0 saturated carbocycles. The first-order valence-corrected chi connectivity index (χ1v) is 8.30. The van der Waals surface area contributed by atoms with Gasteiger partial charge in [-0.15, -0.1) is 0 Å². The molecule has 4 nitrogen and oxygen atoms in total. The lowest BCUT2D eigenvalue weighted by atomic mass is 10.1. The molecule has 1 N–H and O–H groups in total. The van der Waals surface area contributed by atoms with Crippen LogP contribution in [-0.2, 0) is 11.3 Å². The summed E-state index contributed by atoms with van der Waals surface area (Å²) in [6, 6.07) is 15.4. The fourth-order valence-electron chi connectivity index (χ4n) is 2.16. The highest BCUT2D eigenvalue weighted by Crippen LogP contribution is 2.16. The summed E-state index contributed by atoms with van der Waals surface area (Å²) in [6.45, 7) is 4.09. The van der Waals surface area contributed by atoms with E-state index in [4.69, 9.17) is 16.3 Å². The molecular formula is C19H23ClN2O2. The van der Waals surface area contributed by atoms with E-state index < -0.39 is 0 Å². The van der Waals surface area contributed by atoms with Gasteiger partial charge < -0.3 is 10.1 Å². The molecule has 0 heterocycles. The predicted molar refractivity (Wildman–Crippen MR) is 97.5 cm³/mol. The second-order valence-electron chi connectivity index (χ2n) is 5.81. The van der Waals surface area contributed by atoms with Crippen LogP contribution in [0.15, 0.2) is 48.5 Å². The minimum Gasteiger partial charge on any atom is -0.492 e. The van der Waals surface area contributed by atoms with Crippen LogP contribution in [0.2, 0.25) is 5.02 Å². The number of hydrogen-bond acceptors (Lipinski definition) is 3. The van der Waals surface area contributed by atoms with Crippen molar-refractivity contribution >= 4 is 17.5 Å². The zero-order valence-electron chi connectivity index (χ0n) is 14.1. The van der Waals surface area contributed by atoms with Crippen LogP contribution in [-0.4, -0.2) is 37.6 Å². The van der Waals surface area contributed by atoms with E-state index in [2.05, 4.69) is 5.32 Å². The van der Waals surface area contributed by atoms with E-state index in [-0.39, 0.29) is 5.91 Å². The molecule has 0 aliphatic carbocycles. The first-order valence-electron chi connectivity index (χ1n) is 7.92. The summed E-state index contributed by atoms with van der Waals surface area (Å²) in [6.07, 6.45) is 0. The monoisotopic (exact) mass is 346 g/mol. The molecule has 128 valence electrons. The number of aryl methyl sites for hydroxylation is 1. The maximum absolute atomic E-state index is 12.0. The number of hydrogen-bond donors (Lipinski definition) is 1. The molecule has 0 radical (unpaired) electrons. The van der Waals surface area contributed by atoms with Crippen molar-refractivity contribution in [2.75, 3.05) is 26.7 Å². The van der Waals surface area contributed by atoms with Crippen LogP contribution in [0.3, 0.4) is 0 Å². The molecule has 0 spiro atoms. The normalized spacial score (nSPS) is 10.7. The van der Waals surface area contributed by atoms with E-state index in [1.807, 2.05) is 55.3 Å². The van der Waals surface area contributed by atoms with Crippen LogP contribution < -0.4 is 10.1 Å². The van der Waals surface area contributed by atoms with Gasteiger partial charge in [0.2, 0.25) is 5.91 Å². The third kappa shape index (κ3) is 6.60. The van der Waals surface area contributed by atoms with Gasteiger partial charge in [-0.05, 0) is 37.7 Å². The lowest BCUT2D eigenvalue weighted by Crippen LogP contribution is -2.36. The highest BCUT2D eigenvalue weighted by molar-refractivity contribution is 6.30. The highest BCUT2D eigenvalue weighted by Gasteiger charge is 2.06. The van der Waals surface area contributed by atoms with Crippen LogP contribution in [0.4, 0.5) is 0 Å². The number of carbonyl (C=O) groups is 1. The van der Waals surface area contributed by atoms with E-state index >= 15 is 0 Å². The Morgan fingerprint density at radius 1 is 1.21 bits per heavy atom. The van der Waals surface area contributed by atoms with Gasteiger partial charge in [-0.25, -0.2) is 0 Å². The molecule has 1 amide bonds. The molecule has 0 atom stereocenters. The summed E-state index contributed by atoms with van der Waals surface area (Å²) in [5.41, 5.74) is 2.31. The predicted octanol–water partition coefficient (Wildman–Crippen LogP) is 3.28. The van der Waals surface area contributed by atoms with Gasteiger partial charge >= 0.3 is 0 Å². The second-order valence-corrected chi connectivity index (χ2v) is 6.24. The molecule has 0 aliphatic rings. The van der Waals surface area contributed by atoms with E-state index in [1.165, 1.54) is 5.56 Å². The first-order chi connectivity index (χ1) is 11.5. The van der Waals surface area contributed by atoms with Crippen molar-refractivity contribution in [3.05, 3.63) is 64.7 Å².